The van der Waals surface area contributed by atoms with E-state index in [1.165, 1.54) is 0 Å². The van der Waals surface area contributed by atoms with Gasteiger partial charge >= 0.3 is 5.97 Å². The van der Waals surface area contributed by atoms with Crippen LogP contribution in [-0.2, 0) is 16.0 Å². The van der Waals surface area contributed by atoms with Crippen molar-refractivity contribution >= 4 is 23.5 Å². The van der Waals surface area contributed by atoms with Crippen LogP contribution in [0.3, 0.4) is 0 Å². The van der Waals surface area contributed by atoms with Gasteiger partial charge < -0.3 is 10.0 Å². The monoisotopic (exact) mass is 295 g/mol. The van der Waals surface area contributed by atoms with Gasteiger partial charge in [-0.3, -0.25) is 9.59 Å². The van der Waals surface area contributed by atoms with Crippen molar-refractivity contribution in [3.8, 4) is 0 Å². The predicted octanol–water partition coefficient (Wildman–Crippen LogP) is 2.74. The second kappa shape index (κ2) is 6.75. The zero-order valence-corrected chi connectivity index (χ0v) is 12.0. The first-order valence-electron chi connectivity index (χ1n) is 6.82. The first kappa shape index (κ1) is 14.9. The molecule has 0 aliphatic carbocycles. The number of aliphatic carboxylic acids is 1. The molecule has 1 aliphatic rings. The van der Waals surface area contributed by atoms with Crippen LogP contribution in [0.5, 0.6) is 0 Å². The third-order valence-electron chi connectivity index (χ3n) is 3.63. The maximum Gasteiger partial charge on any atom is 0.305 e. The molecule has 1 aromatic carbocycles. The fourth-order valence-corrected chi connectivity index (χ4v) is 2.75. The summed E-state index contributed by atoms with van der Waals surface area (Å²) in [7, 11) is 0. The molecule has 1 aromatic rings. The molecule has 1 atom stereocenters. The van der Waals surface area contributed by atoms with Crippen molar-refractivity contribution in [2.75, 3.05) is 6.54 Å². The smallest absolute Gasteiger partial charge is 0.305 e. The van der Waals surface area contributed by atoms with Crippen LogP contribution < -0.4 is 0 Å². The number of benzene rings is 1. The van der Waals surface area contributed by atoms with Gasteiger partial charge in [-0.15, -0.1) is 0 Å². The van der Waals surface area contributed by atoms with Gasteiger partial charge in [-0.25, -0.2) is 0 Å². The molecule has 1 unspecified atom stereocenters. The molecular weight excluding hydrogens is 278 g/mol. The van der Waals surface area contributed by atoms with Crippen molar-refractivity contribution in [2.24, 2.45) is 0 Å². The highest BCUT2D eigenvalue weighted by Crippen LogP contribution is 2.21. The Bertz CT molecular complexity index is 486. The van der Waals surface area contributed by atoms with E-state index in [2.05, 4.69) is 0 Å². The highest BCUT2D eigenvalue weighted by Gasteiger charge is 2.28. The molecule has 0 radical (unpaired) electrons. The molecule has 0 saturated carbocycles. The van der Waals surface area contributed by atoms with Crippen molar-refractivity contribution in [2.45, 2.75) is 38.1 Å². The Morgan fingerprint density at radius 2 is 1.95 bits per heavy atom. The van der Waals surface area contributed by atoms with E-state index in [-0.39, 0.29) is 18.4 Å². The summed E-state index contributed by atoms with van der Waals surface area (Å²) in [5.74, 6) is -0.848. The molecule has 1 amide bonds. The summed E-state index contributed by atoms with van der Waals surface area (Å²) >= 11 is 5.82. The Morgan fingerprint density at radius 1 is 1.25 bits per heavy atom. The highest BCUT2D eigenvalue weighted by atomic mass is 35.5. The first-order valence-corrected chi connectivity index (χ1v) is 7.20. The molecule has 0 aromatic heterocycles. The van der Waals surface area contributed by atoms with Gasteiger partial charge in [-0.05, 0) is 37.0 Å². The molecule has 0 spiro atoms. The highest BCUT2D eigenvalue weighted by molar-refractivity contribution is 6.30. The zero-order chi connectivity index (χ0) is 14.5. The number of carbonyl (C=O) groups excluding carboxylic acids is 1. The van der Waals surface area contributed by atoms with Crippen LogP contribution >= 0.6 is 11.6 Å². The van der Waals surface area contributed by atoms with Gasteiger partial charge in [0.1, 0.15) is 0 Å². The minimum atomic E-state index is -0.846. The van der Waals surface area contributed by atoms with Crippen molar-refractivity contribution in [1.29, 1.82) is 0 Å². The van der Waals surface area contributed by atoms with Crippen LogP contribution in [0.4, 0.5) is 0 Å². The maximum absolute atomic E-state index is 12.3. The van der Waals surface area contributed by atoms with E-state index in [0.717, 1.165) is 24.8 Å². The van der Waals surface area contributed by atoms with Gasteiger partial charge in [0.2, 0.25) is 5.91 Å². The van der Waals surface area contributed by atoms with Gasteiger partial charge in [-0.1, -0.05) is 23.7 Å². The molecule has 1 heterocycles. The minimum Gasteiger partial charge on any atom is -0.481 e. The van der Waals surface area contributed by atoms with Crippen LogP contribution in [0, 0.1) is 0 Å². The summed E-state index contributed by atoms with van der Waals surface area (Å²) in [6.45, 7) is 0.657. The summed E-state index contributed by atoms with van der Waals surface area (Å²) in [6, 6.07) is 7.01. The van der Waals surface area contributed by atoms with E-state index in [9.17, 15) is 9.59 Å². The molecule has 0 bridgehead atoms. The largest absolute Gasteiger partial charge is 0.481 e. The van der Waals surface area contributed by atoms with Crippen LogP contribution in [0.1, 0.15) is 31.2 Å². The van der Waals surface area contributed by atoms with Crippen molar-refractivity contribution in [1.82, 2.24) is 4.90 Å². The van der Waals surface area contributed by atoms with Gasteiger partial charge in [0.25, 0.3) is 0 Å². The average molecular weight is 296 g/mol. The number of amides is 1. The Hall–Kier alpha value is -1.55. The average Bonchev–Trinajstić information content (AvgIpc) is 2.41. The topological polar surface area (TPSA) is 57.6 Å². The normalized spacial score (nSPS) is 18.9. The molecule has 5 heteroatoms. The predicted molar refractivity (Wildman–Crippen MR) is 76.8 cm³/mol. The molecule has 1 aliphatic heterocycles. The minimum absolute atomic E-state index is 0.00160. The lowest BCUT2D eigenvalue weighted by atomic mass is 9.98. The lowest BCUT2D eigenvalue weighted by molar-refractivity contribution is -0.141. The van der Waals surface area contributed by atoms with Crippen LogP contribution in [0.25, 0.3) is 0 Å². The molecule has 108 valence electrons. The molecule has 20 heavy (non-hydrogen) atoms. The number of halogens is 1. The van der Waals surface area contributed by atoms with E-state index in [0.29, 0.717) is 18.0 Å². The third-order valence-corrected chi connectivity index (χ3v) is 3.88. The number of piperidine rings is 1. The molecule has 2 rings (SSSR count). The van der Waals surface area contributed by atoms with Gasteiger partial charge in [0.05, 0.1) is 12.8 Å². The van der Waals surface area contributed by atoms with Gasteiger partial charge in [0, 0.05) is 17.6 Å². The van der Waals surface area contributed by atoms with Gasteiger partial charge in [-0.2, -0.15) is 0 Å². The number of likely N-dealkylation sites (tertiary alicyclic amines) is 1. The Morgan fingerprint density at radius 3 is 2.60 bits per heavy atom. The number of hydrogen-bond donors (Lipinski definition) is 1. The lowest BCUT2D eigenvalue weighted by Gasteiger charge is -2.35. The Kier molecular flexibility index (Phi) is 5.01. The Balaban J connectivity index is 2.01. The van der Waals surface area contributed by atoms with E-state index in [1.807, 2.05) is 12.1 Å². The number of nitrogens with zero attached hydrogens (tertiary/aromatic N) is 1. The summed E-state index contributed by atoms with van der Waals surface area (Å²) in [5, 5.41) is 9.57. The first-order chi connectivity index (χ1) is 9.56. The molecule has 1 saturated heterocycles. The maximum atomic E-state index is 12.3. The number of hydrogen-bond acceptors (Lipinski definition) is 2. The van der Waals surface area contributed by atoms with Crippen LogP contribution in [-0.4, -0.2) is 34.5 Å². The van der Waals surface area contributed by atoms with Crippen LogP contribution in [0.15, 0.2) is 24.3 Å². The molecule has 4 nitrogen and oxygen atoms in total. The third kappa shape index (κ3) is 3.97. The summed E-state index contributed by atoms with van der Waals surface area (Å²) in [4.78, 5) is 25.0. The van der Waals surface area contributed by atoms with E-state index < -0.39 is 5.97 Å². The lowest BCUT2D eigenvalue weighted by Crippen LogP contribution is -2.45. The van der Waals surface area contributed by atoms with Crippen LogP contribution in [0.2, 0.25) is 5.02 Å². The number of carboxylic acids is 1. The molecule has 1 N–H and O–H groups in total. The number of rotatable bonds is 4. The summed E-state index contributed by atoms with van der Waals surface area (Å²) < 4.78 is 0. The SMILES string of the molecule is O=C(O)CC1CCCCN1C(=O)Cc1ccc(Cl)cc1. The summed E-state index contributed by atoms with van der Waals surface area (Å²) in [6.07, 6.45) is 3.05. The molecule has 1 fully saturated rings. The number of carbonyl (C=O) groups is 2. The van der Waals surface area contributed by atoms with E-state index in [1.54, 1.807) is 17.0 Å². The second-order valence-electron chi connectivity index (χ2n) is 5.14. The zero-order valence-electron chi connectivity index (χ0n) is 11.2. The summed E-state index contributed by atoms with van der Waals surface area (Å²) in [5.41, 5.74) is 0.902. The van der Waals surface area contributed by atoms with Crippen molar-refractivity contribution in [3.63, 3.8) is 0 Å². The van der Waals surface area contributed by atoms with E-state index in [4.69, 9.17) is 16.7 Å². The fraction of sp³-hybridized carbons (Fsp3) is 0.467. The van der Waals surface area contributed by atoms with E-state index >= 15 is 0 Å². The number of carboxylic acid groups (broad SMARTS) is 1. The molecular formula is C15H18ClNO3. The quantitative estimate of drug-likeness (QED) is 0.929. The van der Waals surface area contributed by atoms with Gasteiger partial charge in [0.15, 0.2) is 0 Å². The Labute approximate surface area is 123 Å². The fourth-order valence-electron chi connectivity index (χ4n) is 2.62. The standard InChI is InChI=1S/C15H18ClNO3/c16-12-6-4-11(5-7-12)9-14(18)17-8-2-1-3-13(17)10-15(19)20/h4-7,13H,1-3,8-10H2,(H,19,20). The van der Waals surface area contributed by atoms with Crippen molar-refractivity contribution < 1.29 is 14.7 Å². The van der Waals surface area contributed by atoms with Crippen molar-refractivity contribution in [3.05, 3.63) is 34.9 Å². The second-order valence-corrected chi connectivity index (χ2v) is 5.57.